The van der Waals surface area contributed by atoms with Crippen LogP contribution < -0.4 is 5.32 Å². The van der Waals surface area contributed by atoms with E-state index in [0.29, 0.717) is 13.0 Å². The Hall–Kier alpha value is -1.02. The van der Waals surface area contributed by atoms with Crippen LogP contribution in [0.25, 0.3) is 0 Å². The van der Waals surface area contributed by atoms with Crippen LogP contribution in [0.5, 0.6) is 0 Å². The lowest BCUT2D eigenvalue weighted by molar-refractivity contribution is -0.144. The SMILES string of the molecule is CC1(NC(=O)C#CBr)CCOC1=O. The number of amides is 1. The molecule has 0 bridgehead atoms. The minimum Gasteiger partial charge on any atom is -0.464 e. The van der Waals surface area contributed by atoms with Gasteiger partial charge in [-0.2, -0.15) is 0 Å². The Morgan fingerprint density at radius 2 is 2.46 bits per heavy atom. The number of carbonyl (C=O) groups excluding carboxylic acids is 2. The fourth-order valence-electron chi connectivity index (χ4n) is 1.05. The second-order valence-electron chi connectivity index (χ2n) is 2.89. The number of esters is 1. The number of hydrogen-bond donors (Lipinski definition) is 1. The second-order valence-corrected chi connectivity index (χ2v) is 3.29. The number of hydrogen-bond acceptors (Lipinski definition) is 3. The van der Waals surface area contributed by atoms with Crippen LogP contribution in [-0.2, 0) is 14.3 Å². The number of carbonyl (C=O) groups is 2. The third-order valence-electron chi connectivity index (χ3n) is 1.84. The lowest BCUT2D eigenvalue weighted by Gasteiger charge is -2.18. The first kappa shape index (κ1) is 10.1. The van der Waals surface area contributed by atoms with Gasteiger partial charge in [0.15, 0.2) is 0 Å². The van der Waals surface area contributed by atoms with Crippen molar-refractivity contribution < 1.29 is 14.3 Å². The van der Waals surface area contributed by atoms with Gasteiger partial charge in [0.1, 0.15) is 5.54 Å². The molecular formula is C8H8BrNO3. The average molecular weight is 246 g/mol. The summed E-state index contributed by atoms with van der Waals surface area (Å²) in [6, 6.07) is 0. The van der Waals surface area contributed by atoms with Crippen LogP contribution >= 0.6 is 15.9 Å². The molecule has 1 fully saturated rings. The standard InChI is InChI=1S/C8H8BrNO3/c1-8(3-5-13-7(8)12)10-6(11)2-4-9/h3,5H2,1H3,(H,10,11). The van der Waals surface area contributed by atoms with Gasteiger partial charge >= 0.3 is 5.97 Å². The largest absolute Gasteiger partial charge is 0.464 e. The van der Waals surface area contributed by atoms with E-state index in [4.69, 9.17) is 4.74 Å². The molecule has 0 aromatic carbocycles. The monoisotopic (exact) mass is 245 g/mol. The second kappa shape index (κ2) is 3.79. The Bertz CT molecular complexity index is 304. The van der Waals surface area contributed by atoms with Gasteiger partial charge in [-0.05, 0) is 11.8 Å². The summed E-state index contributed by atoms with van der Waals surface area (Å²) in [7, 11) is 0. The van der Waals surface area contributed by atoms with Crippen molar-refractivity contribution in [2.75, 3.05) is 6.61 Å². The topological polar surface area (TPSA) is 55.4 Å². The molecule has 0 aromatic heterocycles. The van der Waals surface area contributed by atoms with E-state index in [1.165, 1.54) is 0 Å². The van der Waals surface area contributed by atoms with Crippen LogP contribution in [0.4, 0.5) is 0 Å². The van der Waals surface area contributed by atoms with Crippen molar-refractivity contribution in [1.29, 1.82) is 0 Å². The normalized spacial score (nSPS) is 25.8. The molecule has 1 atom stereocenters. The van der Waals surface area contributed by atoms with Crippen LogP contribution in [0.1, 0.15) is 13.3 Å². The molecule has 1 saturated heterocycles. The molecule has 5 heteroatoms. The highest BCUT2D eigenvalue weighted by molar-refractivity contribution is 9.12. The van der Waals surface area contributed by atoms with Crippen molar-refractivity contribution in [1.82, 2.24) is 5.32 Å². The summed E-state index contributed by atoms with van der Waals surface area (Å²) < 4.78 is 4.73. The molecule has 0 radical (unpaired) electrons. The van der Waals surface area contributed by atoms with Gasteiger partial charge in [0.05, 0.1) is 6.61 Å². The van der Waals surface area contributed by atoms with Crippen molar-refractivity contribution >= 4 is 27.8 Å². The molecule has 0 saturated carbocycles. The van der Waals surface area contributed by atoms with Crippen molar-refractivity contribution in [2.45, 2.75) is 18.9 Å². The molecule has 0 spiro atoms. The first-order valence-corrected chi connectivity index (χ1v) is 4.49. The molecule has 13 heavy (non-hydrogen) atoms. The van der Waals surface area contributed by atoms with Crippen LogP contribution in [0, 0.1) is 10.8 Å². The zero-order valence-electron chi connectivity index (χ0n) is 7.02. The molecule has 1 aliphatic rings. The van der Waals surface area contributed by atoms with E-state index in [0.717, 1.165) is 0 Å². The van der Waals surface area contributed by atoms with Gasteiger partial charge in [-0.1, -0.05) is 0 Å². The van der Waals surface area contributed by atoms with E-state index >= 15 is 0 Å². The van der Waals surface area contributed by atoms with Crippen LogP contribution in [0.2, 0.25) is 0 Å². The first-order chi connectivity index (χ1) is 6.08. The van der Waals surface area contributed by atoms with Crippen molar-refractivity contribution in [3.63, 3.8) is 0 Å². The van der Waals surface area contributed by atoms with E-state index < -0.39 is 17.4 Å². The molecule has 0 aliphatic carbocycles. The predicted octanol–water partition coefficient (Wildman–Crippen LogP) is 0.164. The number of rotatable bonds is 1. The molecule has 4 nitrogen and oxygen atoms in total. The number of ether oxygens (including phenoxy) is 1. The Balaban J connectivity index is 2.65. The summed E-state index contributed by atoms with van der Waals surface area (Å²) in [5.74, 6) is 1.33. The van der Waals surface area contributed by atoms with E-state index in [9.17, 15) is 9.59 Å². The summed E-state index contributed by atoms with van der Waals surface area (Å²) in [6.45, 7) is 1.97. The fraction of sp³-hybridized carbons (Fsp3) is 0.500. The van der Waals surface area contributed by atoms with E-state index in [-0.39, 0.29) is 0 Å². The maximum atomic E-state index is 11.1. The van der Waals surface area contributed by atoms with Gasteiger partial charge in [0, 0.05) is 28.3 Å². The summed E-state index contributed by atoms with van der Waals surface area (Å²) in [5.41, 5.74) is -0.909. The Kier molecular flexibility index (Phi) is 2.94. The van der Waals surface area contributed by atoms with Crippen LogP contribution in [0.15, 0.2) is 0 Å². The van der Waals surface area contributed by atoms with Gasteiger partial charge in [0.25, 0.3) is 5.91 Å². The smallest absolute Gasteiger partial charge is 0.331 e. The Morgan fingerprint density at radius 3 is 2.92 bits per heavy atom. The summed E-state index contributed by atoms with van der Waals surface area (Å²) in [4.78, 5) is 24.4. The summed E-state index contributed by atoms with van der Waals surface area (Å²) in [6.07, 6.45) is 0.488. The number of nitrogens with one attached hydrogen (secondary N) is 1. The van der Waals surface area contributed by atoms with Gasteiger partial charge in [-0.3, -0.25) is 4.79 Å². The zero-order chi connectivity index (χ0) is 9.90. The molecule has 1 aliphatic heterocycles. The molecule has 1 N–H and O–H groups in total. The van der Waals surface area contributed by atoms with E-state index in [2.05, 4.69) is 32.0 Å². The Labute approximate surface area is 84.1 Å². The first-order valence-electron chi connectivity index (χ1n) is 3.69. The molecule has 70 valence electrons. The van der Waals surface area contributed by atoms with Gasteiger partial charge in [-0.15, -0.1) is 0 Å². The molecule has 1 unspecified atom stereocenters. The van der Waals surface area contributed by atoms with Crippen molar-refractivity contribution in [2.24, 2.45) is 0 Å². The van der Waals surface area contributed by atoms with Gasteiger partial charge in [-0.25, -0.2) is 4.79 Å². The van der Waals surface area contributed by atoms with Crippen LogP contribution in [-0.4, -0.2) is 24.0 Å². The quantitative estimate of drug-likeness (QED) is 0.529. The Morgan fingerprint density at radius 1 is 1.77 bits per heavy atom. The van der Waals surface area contributed by atoms with Crippen molar-refractivity contribution in [3.8, 4) is 10.8 Å². The van der Waals surface area contributed by atoms with Crippen molar-refractivity contribution in [3.05, 3.63) is 0 Å². The summed E-state index contributed by atoms with van der Waals surface area (Å²) >= 11 is 2.79. The molecule has 1 rings (SSSR count). The van der Waals surface area contributed by atoms with E-state index in [1.807, 2.05) is 0 Å². The third kappa shape index (κ3) is 2.22. The van der Waals surface area contributed by atoms with Crippen LogP contribution in [0.3, 0.4) is 0 Å². The molecule has 1 amide bonds. The third-order valence-corrected chi connectivity index (χ3v) is 2.03. The van der Waals surface area contributed by atoms with E-state index in [1.54, 1.807) is 6.92 Å². The minimum absolute atomic E-state index is 0.345. The maximum Gasteiger partial charge on any atom is 0.331 e. The molecule has 1 heterocycles. The highest BCUT2D eigenvalue weighted by atomic mass is 79.9. The van der Waals surface area contributed by atoms with Gasteiger partial charge < -0.3 is 10.1 Å². The lowest BCUT2D eigenvalue weighted by atomic mass is 10.0. The maximum absolute atomic E-state index is 11.1. The molecule has 0 aromatic rings. The number of halogens is 1. The summed E-state index contributed by atoms with van der Waals surface area (Å²) in [5, 5.41) is 2.49. The zero-order valence-corrected chi connectivity index (χ0v) is 8.60. The van der Waals surface area contributed by atoms with Gasteiger partial charge in [0.2, 0.25) is 0 Å². The highest BCUT2D eigenvalue weighted by Crippen LogP contribution is 2.18. The molecular weight excluding hydrogens is 238 g/mol. The average Bonchev–Trinajstić information content (AvgIpc) is 2.32. The fourth-order valence-corrected chi connectivity index (χ4v) is 1.23. The minimum atomic E-state index is -0.909. The highest BCUT2D eigenvalue weighted by Gasteiger charge is 2.40. The predicted molar refractivity (Wildman–Crippen MR) is 48.8 cm³/mol. The lowest BCUT2D eigenvalue weighted by Crippen LogP contribution is -2.49. The number of cyclic esters (lactones) is 1.